The first-order valence-electron chi connectivity index (χ1n) is 9.18. The molecule has 2 heterocycles. The molecule has 0 atom stereocenters. The van der Waals surface area contributed by atoms with Crippen molar-refractivity contribution in [2.45, 2.75) is 6.42 Å². The van der Waals surface area contributed by atoms with Gasteiger partial charge in [0.05, 0.1) is 5.69 Å². The van der Waals surface area contributed by atoms with Gasteiger partial charge in [-0.1, -0.05) is 35.9 Å². The summed E-state index contributed by atoms with van der Waals surface area (Å²) in [6.45, 7) is 0. The Morgan fingerprint density at radius 3 is 2.48 bits per heavy atom. The van der Waals surface area contributed by atoms with Crippen molar-refractivity contribution in [1.29, 1.82) is 0 Å². The molecule has 4 rings (SSSR count). The van der Waals surface area contributed by atoms with Crippen LogP contribution in [-0.2, 0) is 6.42 Å². The molecule has 0 radical (unpaired) electrons. The molecule has 2 aromatic carbocycles. The molecule has 2 amide bonds. The number of carbonyl (C=O) groups is 2. The SMILES string of the molecule is NC(=O)c1[nH]c(Cc2ccc(O)cc2)nc1NC(=O)c1cc(-c2ccc(Cl)cc2)n[nH]1. The van der Waals surface area contributed by atoms with Crippen LogP contribution in [0.3, 0.4) is 0 Å². The lowest BCUT2D eigenvalue weighted by Crippen LogP contribution is -2.18. The molecule has 0 saturated heterocycles. The lowest BCUT2D eigenvalue weighted by atomic mass is 10.1. The van der Waals surface area contributed by atoms with Crippen LogP contribution in [0.2, 0.25) is 5.02 Å². The Balaban J connectivity index is 1.53. The predicted octanol–water partition coefficient (Wildman–Crippen LogP) is 3.10. The number of nitrogens with zero attached hydrogens (tertiary/aromatic N) is 2. The molecule has 31 heavy (non-hydrogen) atoms. The largest absolute Gasteiger partial charge is 0.508 e. The average molecular weight is 437 g/mol. The van der Waals surface area contributed by atoms with E-state index in [1.165, 1.54) is 0 Å². The standard InChI is InChI=1S/C21H17ClN6O3/c22-13-5-3-12(4-6-13)15-10-16(28-27-15)21(31)26-20-18(19(23)30)24-17(25-20)9-11-1-7-14(29)8-2-11/h1-8,10,29H,9H2,(H2,23,30)(H,24,25)(H,26,31)(H,27,28). The van der Waals surface area contributed by atoms with Crippen LogP contribution in [-0.4, -0.2) is 37.1 Å². The minimum Gasteiger partial charge on any atom is -0.508 e. The number of amides is 2. The highest BCUT2D eigenvalue weighted by molar-refractivity contribution is 6.30. The molecule has 0 spiro atoms. The number of anilines is 1. The third kappa shape index (κ3) is 4.57. The Bertz CT molecular complexity index is 1250. The molecule has 0 aliphatic carbocycles. The van der Waals surface area contributed by atoms with Gasteiger partial charge in [0.2, 0.25) is 0 Å². The van der Waals surface area contributed by atoms with Crippen molar-refractivity contribution < 1.29 is 14.7 Å². The minimum absolute atomic E-state index is 0.0143. The molecule has 0 unspecified atom stereocenters. The van der Waals surface area contributed by atoms with Crippen molar-refractivity contribution in [3.05, 3.63) is 82.4 Å². The molecule has 0 fully saturated rings. The number of nitrogens with two attached hydrogens (primary N) is 1. The van der Waals surface area contributed by atoms with Crippen LogP contribution >= 0.6 is 11.6 Å². The Hall–Kier alpha value is -4.11. The molecule has 0 bridgehead atoms. The first-order chi connectivity index (χ1) is 14.9. The van der Waals surface area contributed by atoms with E-state index in [-0.39, 0.29) is 23.0 Å². The van der Waals surface area contributed by atoms with Gasteiger partial charge in [0.1, 0.15) is 23.0 Å². The fourth-order valence-corrected chi connectivity index (χ4v) is 3.09. The van der Waals surface area contributed by atoms with E-state index in [0.717, 1.165) is 11.1 Å². The summed E-state index contributed by atoms with van der Waals surface area (Å²) in [6.07, 6.45) is 0.348. The fourth-order valence-electron chi connectivity index (χ4n) is 2.96. The van der Waals surface area contributed by atoms with Gasteiger partial charge in [0, 0.05) is 17.0 Å². The summed E-state index contributed by atoms with van der Waals surface area (Å²) in [5, 5.41) is 19.4. The summed E-state index contributed by atoms with van der Waals surface area (Å²) in [7, 11) is 0. The molecule has 156 valence electrons. The summed E-state index contributed by atoms with van der Waals surface area (Å²) < 4.78 is 0. The molecule has 0 aliphatic heterocycles. The molecular formula is C21H17ClN6O3. The van der Waals surface area contributed by atoms with Crippen LogP contribution in [0.25, 0.3) is 11.3 Å². The first kappa shape index (κ1) is 20.2. The van der Waals surface area contributed by atoms with Gasteiger partial charge in [-0.15, -0.1) is 0 Å². The summed E-state index contributed by atoms with van der Waals surface area (Å²) in [5.41, 5.74) is 7.79. The molecule has 2 aromatic heterocycles. The van der Waals surface area contributed by atoms with Crippen LogP contribution in [0.4, 0.5) is 5.82 Å². The number of hydrogen-bond acceptors (Lipinski definition) is 5. The van der Waals surface area contributed by atoms with Gasteiger partial charge >= 0.3 is 0 Å². The number of benzene rings is 2. The van der Waals surface area contributed by atoms with Gasteiger partial charge in [-0.05, 0) is 35.9 Å². The number of halogens is 1. The van der Waals surface area contributed by atoms with E-state index >= 15 is 0 Å². The quantitative estimate of drug-likeness (QED) is 0.314. The van der Waals surface area contributed by atoms with E-state index in [1.807, 2.05) is 0 Å². The van der Waals surface area contributed by atoms with Crippen molar-refractivity contribution >= 4 is 29.2 Å². The lowest BCUT2D eigenvalue weighted by molar-refractivity contribution is 0.0997. The van der Waals surface area contributed by atoms with Crippen LogP contribution in [0.1, 0.15) is 32.4 Å². The van der Waals surface area contributed by atoms with Crippen molar-refractivity contribution in [3.63, 3.8) is 0 Å². The van der Waals surface area contributed by atoms with Crippen LogP contribution in [0, 0.1) is 0 Å². The third-order valence-electron chi connectivity index (χ3n) is 4.50. The topological polar surface area (TPSA) is 150 Å². The van der Waals surface area contributed by atoms with Gasteiger partial charge in [-0.25, -0.2) is 4.98 Å². The number of phenols is 1. The number of primary amides is 1. The van der Waals surface area contributed by atoms with E-state index in [9.17, 15) is 14.7 Å². The molecule has 10 heteroatoms. The number of imidazole rings is 1. The first-order valence-corrected chi connectivity index (χ1v) is 9.56. The Morgan fingerprint density at radius 2 is 1.81 bits per heavy atom. The Labute approximate surface area is 181 Å². The third-order valence-corrected chi connectivity index (χ3v) is 4.75. The second-order valence-corrected chi connectivity index (χ2v) is 7.18. The zero-order valence-corrected chi connectivity index (χ0v) is 16.8. The second-order valence-electron chi connectivity index (χ2n) is 6.74. The number of aromatic nitrogens is 4. The number of nitrogens with one attached hydrogen (secondary N) is 3. The zero-order valence-electron chi connectivity index (χ0n) is 16.0. The van der Waals surface area contributed by atoms with E-state index in [1.54, 1.807) is 54.6 Å². The zero-order chi connectivity index (χ0) is 22.0. The normalized spacial score (nSPS) is 10.7. The Kier molecular flexibility index (Phi) is 5.42. The number of phenolic OH excluding ortho intramolecular Hbond substituents is 1. The van der Waals surface area contributed by atoms with E-state index in [0.29, 0.717) is 23.0 Å². The molecule has 0 saturated carbocycles. The predicted molar refractivity (Wildman–Crippen MR) is 115 cm³/mol. The van der Waals surface area contributed by atoms with Gasteiger partial charge in [-0.2, -0.15) is 5.10 Å². The number of aromatic hydroxyl groups is 1. The highest BCUT2D eigenvalue weighted by Crippen LogP contribution is 2.21. The average Bonchev–Trinajstić information content (AvgIpc) is 3.38. The van der Waals surface area contributed by atoms with E-state index < -0.39 is 11.8 Å². The maximum atomic E-state index is 12.7. The van der Waals surface area contributed by atoms with Crippen molar-refractivity contribution in [3.8, 4) is 17.0 Å². The number of H-pyrrole nitrogens is 2. The van der Waals surface area contributed by atoms with Gasteiger partial charge in [0.15, 0.2) is 5.82 Å². The monoisotopic (exact) mass is 436 g/mol. The minimum atomic E-state index is -0.758. The van der Waals surface area contributed by atoms with Gasteiger partial charge < -0.3 is 21.1 Å². The number of hydrogen-bond donors (Lipinski definition) is 5. The van der Waals surface area contributed by atoms with Gasteiger partial charge in [0.25, 0.3) is 11.8 Å². The lowest BCUT2D eigenvalue weighted by Gasteiger charge is -2.01. The number of carbonyl (C=O) groups excluding carboxylic acids is 2. The second kappa shape index (κ2) is 8.33. The van der Waals surface area contributed by atoms with Crippen LogP contribution in [0.15, 0.2) is 54.6 Å². The van der Waals surface area contributed by atoms with Crippen LogP contribution < -0.4 is 11.1 Å². The van der Waals surface area contributed by atoms with Gasteiger partial charge in [-0.3, -0.25) is 14.7 Å². The number of aromatic amines is 2. The summed E-state index contributed by atoms with van der Waals surface area (Å²) >= 11 is 5.89. The maximum Gasteiger partial charge on any atom is 0.274 e. The number of rotatable bonds is 6. The molecular weight excluding hydrogens is 420 g/mol. The summed E-state index contributed by atoms with van der Waals surface area (Å²) in [4.78, 5) is 31.6. The molecule has 9 nitrogen and oxygen atoms in total. The summed E-state index contributed by atoms with van der Waals surface area (Å²) in [6, 6.07) is 15.1. The fraction of sp³-hybridized carbons (Fsp3) is 0.0476. The molecule has 6 N–H and O–H groups in total. The summed E-state index contributed by atoms with van der Waals surface area (Å²) in [5.74, 6) is -0.689. The van der Waals surface area contributed by atoms with Crippen LogP contribution in [0.5, 0.6) is 5.75 Å². The van der Waals surface area contributed by atoms with Crippen molar-refractivity contribution in [2.24, 2.45) is 5.73 Å². The van der Waals surface area contributed by atoms with E-state index in [2.05, 4.69) is 25.5 Å². The van der Waals surface area contributed by atoms with Crippen molar-refractivity contribution in [1.82, 2.24) is 20.2 Å². The highest BCUT2D eigenvalue weighted by Gasteiger charge is 2.19. The van der Waals surface area contributed by atoms with Crippen molar-refractivity contribution in [2.75, 3.05) is 5.32 Å². The van der Waals surface area contributed by atoms with E-state index in [4.69, 9.17) is 17.3 Å². The molecule has 4 aromatic rings. The Morgan fingerprint density at radius 1 is 1.10 bits per heavy atom. The molecule has 0 aliphatic rings. The smallest absolute Gasteiger partial charge is 0.274 e. The highest BCUT2D eigenvalue weighted by atomic mass is 35.5. The maximum absolute atomic E-state index is 12.7.